The number of hydrogen-bond donors (Lipinski definition) is 0. The monoisotopic (exact) mass is 212 g/mol. The van der Waals surface area contributed by atoms with E-state index in [1.165, 1.54) is 36.0 Å². The van der Waals surface area contributed by atoms with Crippen LogP contribution in [0.5, 0.6) is 0 Å². The Hall–Kier alpha value is -1.37. The van der Waals surface area contributed by atoms with E-state index in [0.29, 0.717) is 6.42 Å². The van der Waals surface area contributed by atoms with E-state index in [9.17, 15) is 4.79 Å². The predicted molar refractivity (Wildman–Crippen MR) is 65.3 cm³/mol. The molecule has 1 fully saturated rings. The van der Waals surface area contributed by atoms with Crippen molar-refractivity contribution in [3.63, 3.8) is 0 Å². The molecule has 2 aliphatic carbocycles. The lowest BCUT2D eigenvalue weighted by Gasteiger charge is -2.26. The molecule has 0 bridgehead atoms. The van der Waals surface area contributed by atoms with Crippen molar-refractivity contribution >= 4 is 11.4 Å². The van der Waals surface area contributed by atoms with Gasteiger partial charge in [-0.3, -0.25) is 4.79 Å². The van der Waals surface area contributed by atoms with Crippen molar-refractivity contribution in [2.75, 3.05) is 0 Å². The van der Waals surface area contributed by atoms with E-state index >= 15 is 0 Å². The molecule has 0 saturated heterocycles. The molecule has 3 rings (SSSR count). The molecule has 0 amide bonds. The third-order valence-corrected chi connectivity index (χ3v) is 3.81. The van der Waals surface area contributed by atoms with Crippen molar-refractivity contribution in [3.8, 4) is 0 Å². The van der Waals surface area contributed by atoms with Gasteiger partial charge in [0.15, 0.2) is 5.78 Å². The molecule has 0 spiro atoms. The first-order chi connectivity index (χ1) is 7.83. The number of hydrogen-bond acceptors (Lipinski definition) is 1. The highest BCUT2D eigenvalue weighted by molar-refractivity contribution is 6.01. The molecule has 1 nitrogen and oxygen atoms in total. The molecule has 0 aromatic heterocycles. The fourth-order valence-electron chi connectivity index (χ4n) is 2.56. The molecule has 16 heavy (non-hydrogen) atoms. The van der Waals surface area contributed by atoms with Gasteiger partial charge >= 0.3 is 0 Å². The molecule has 1 saturated carbocycles. The van der Waals surface area contributed by atoms with Gasteiger partial charge in [-0.05, 0) is 48.0 Å². The third-order valence-electron chi connectivity index (χ3n) is 3.81. The van der Waals surface area contributed by atoms with Crippen LogP contribution in [0.4, 0.5) is 0 Å². The SMILES string of the molecule is O=C1C=C(c2cccc(C3CCC3)c2)CC1. The summed E-state index contributed by atoms with van der Waals surface area (Å²) >= 11 is 0. The Kier molecular flexibility index (Phi) is 2.39. The van der Waals surface area contributed by atoms with E-state index in [4.69, 9.17) is 0 Å². The summed E-state index contributed by atoms with van der Waals surface area (Å²) in [6.07, 6.45) is 7.48. The van der Waals surface area contributed by atoms with Crippen LogP contribution in [0.25, 0.3) is 5.57 Å². The van der Waals surface area contributed by atoms with E-state index in [2.05, 4.69) is 24.3 Å². The summed E-state index contributed by atoms with van der Waals surface area (Å²) in [6.45, 7) is 0. The lowest BCUT2D eigenvalue weighted by Crippen LogP contribution is -2.08. The van der Waals surface area contributed by atoms with Crippen LogP contribution in [-0.4, -0.2) is 5.78 Å². The van der Waals surface area contributed by atoms with Crippen molar-refractivity contribution in [1.82, 2.24) is 0 Å². The second-order valence-electron chi connectivity index (χ2n) is 4.89. The molecule has 0 radical (unpaired) electrons. The van der Waals surface area contributed by atoms with Gasteiger partial charge in [0.05, 0.1) is 0 Å². The van der Waals surface area contributed by atoms with Crippen molar-refractivity contribution in [3.05, 3.63) is 41.5 Å². The fraction of sp³-hybridized carbons (Fsp3) is 0.400. The summed E-state index contributed by atoms with van der Waals surface area (Å²) in [5, 5.41) is 0. The highest BCUT2D eigenvalue weighted by Crippen LogP contribution is 2.37. The van der Waals surface area contributed by atoms with Gasteiger partial charge in [-0.1, -0.05) is 30.7 Å². The average Bonchev–Trinajstić information content (AvgIpc) is 2.63. The molecular formula is C15H16O. The van der Waals surface area contributed by atoms with E-state index in [1.807, 2.05) is 6.08 Å². The lowest BCUT2D eigenvalue weighted by atomic mass is 9.79. The van der Waals surface area contributed by atoms with Crippen molar-refractivity contribution < 1.29 is 4.79 Å². The Morgan fingerprint density at radius 2 is 2.00 bits per heavy atom. The largest absolute Gasteiger partial charge is 0.295 e. The first-order valence-electron chi connectivity index (χ1n) is 6.17. The summed E-state index contributed by atoms with van der Waals surface area (Å²) < 4.78 is 0. The minimum atomic E-state index is 0.282. The molecule has 1 aromatic rings. The van der Waals surface area contributed by atoms with Gasteiger partial charge in [0.25, 0.3) is 0 Å². The first-order valence-corrected chi connectivity index (χ1v) is 6.17. The smallest absolute Gasteiger partial charge is 0.156 e. The van der Waals surface area contributed by atoms with E-state index in [-0.39, 0.29) is 5.78 Å². The van der Waals surface area contributed by atoms with Gasteiger partial charge in [0, 0.05) is 6.42 Å². The second-order valence-corrected chi connectivity index (χ2v) is 4.89. The number of allylic oxidation sites excluding steroid dienone is 2. The number of ketones is 1. The first kappa shape index (κ1) is 9.83. The Bertz CT molecular complexity index is 452. The van der Waals surface area contributed by atoms with Crippen molar-refractivity contribution in [1.29, 1.82) is 0 Å². The average molecular weight is 212 g/mol. The van der Waals surface area contributed by atoms with Crippen LogP contribution in [-0.2, 0) is 4.79 Å². The molecule has 1 aromatic carbocycles. The van der Waals surface area contributed by atoms with E-state index in [0.717, 1.165) is 12.3 Å². The van der Waals surface area contributed by atoms with Crippen molar-refractivity contribution in [2.45, 2.75) is 38.0 Å². The van der Waals surface area contributed by atoms with Gasteiger partial charge < -0.3 is 0 Å². The summed E-state index contributed by atoms with van der Waals surface area (Å²) in [4.78, 5) is 11.2. The molecule has 0 aliphatic heterocycles. The molecular weight excluding hydrogens is 196 g/mol. The van der Waals surface area contributed by atoms with Crippen molar-refractivity contribution in [2.24, 2.45) is 0 Å². The Balaban J connectivity index is 1.90. The number of carbonyl (C=O) groups is 1. The molecule has 1 heteroatoms. The zero-order valence-corrected chi connectivity index (χ0v) is 9.41. The number of carbonyl (C=O) groups excluding carboxylic acids is 1. The standard InChI is InChI=1S/C15H16O/c16-15-8-7-14(10-15)13-6-2-5-12(9-13)11-3-1-4-11/h2,5-6,9-11H,1,3-4,7-8H2. The molecule has 82 valence electrons. The fourth-order valence-corrected chi connectivity index (χ4v) is 2.56. The Morgan fingerprint density at radius 1 is 1.12 bits per heavy atom. The summed E-state index contributed by atoms with van der Waals surface area (Å²) in [6, 6.07) is 8.78. The quantitative estimate of drug-likeness (QED) is 0.730. The zero-order chi connectivity index (χ0) is 11.0. The highest BCUT2D eigenvalue weighted by Gasteiger charge is 2.20. The van der Waals surface area contributed by atoms with Gasteiger partial charge in [-0.15, -0.1) is 0 Å². The topological polar surface area (TPSA) is 17.1 Å². The normalized spacial score (nSPS) is 20.8. The second kappa shape index (κ2) is 3.89. The summed E-state index contributed by atoms with van der Waals surface area (Å²) in [5.74, 6) is 1.06. The predicted octanol–water partition coefficient (Wildman–Crippen LogP) is 3.70. The molecule has 2 aliphatic rings. The number of benzene rings is 1. The zero-order valence-electron chi connectivity index (χ0n) is 9.41. The van der Waals surface area contributed by atoms with E-state index in [1.54, 1.807) is 0 Å². The van der Waals surface area contributed by atoms with E-state index < -0.39 is 0 Å². The van der Waals surface area contributed by atoms with Crippen LogP contribution in [0.1, 0.15) is 49.1 Å². The summed E-state index contributed by atoms with van der Waals surface area (Å²) in [5.41, 5.74) is 3.95. The van der Waals surface area contributed by atoms with Crippen LogP contribution in [0, 0.1) is 0 Å². The Morgan fingerprint density at radius 3 is 2.62 bits per heavy atom. The maximum Gasteiger partial charge on any atom is 0.156 e. The van der Waals surface area contributed by atoms with Gasteiger partial charge in [-0.25, -0.2) is 0 Å². The maximum absolute atomic E-state index is 11.2. The minimum Gasteiger partial charge on any atom is -0.295 e. The Labute approximate surface area is 96.2 Å². The minimum absolute atomic E-state index is 0.282. The van der Waals surface area contributed by atoms with Crippen LogP contribution in [0.15, 0.2) is 30.3 Å². The molecule has 0 unspecified atom stereocenters. The summed E-state index contributed by atoms with van der Waals surface area (Å²) in [7, 11) is 0. The third kappa shape index (κ3) is 1.71. The number of rotatable bonds is 2. The molecule has 0 heterocycles. The van der Waals surface area contributed by atoms with Crippen LogP contribution in [0.2, 0.25) is 0 Å². The highest BCUT2D eigenvalue weighted by atomic mass is 16.1. The molecule has 0 N–H and O–H groups in total. The molecule has 0 atom stereocenters. The van der Waals surface area contributed by atoms with Gasteiger partial charge in [0.2, 0.25) is 0 Å². The van der Waals surface area contributed by atoms with Crippen LogP contribution in [0.3, 0.4) is 0 Å². The van der Waals surface area contributed by atoms with Crippen LogP contribution < -0.4 is 0 Å². The van der Waals surface area contributed by atoms with Crippen LogP contribution >= 0.6 is 0 Å². The maximum atomic E-state index is 11.2. The van der Waals surface area contributed by atoms with Gasteiger partial charge in [0.1, 0.15) is 0 Å². The van der Waals surface area contributed by atoms with Gasteiger partial charge in [-0.2, -0.15) is 0 Å². The lowest BCUT2D eigenvalue weighted by molar-refractivity contribution is -0.114.